The Balaban J connectivity index is 2.78. The van der Waals surface area contributed by atoms with Gasteiger partial charge in [-0.2, -0.15) is 0 Å². The summed E-state index contributed by atoms with van der Waals surface area (Å²) in [6, 6.07) is 0. The van der Waals surface area contributed by atoms with Crippen molar-refractivity contribution in [2.45, 2.75) is 26.4 Å². The molecule has 1 aromatic carbocycles. The van der Waals surface area contributed by atoms with Crippen molar-refractivity contribution in [3.05, 3.63) is 34.1 Å². The summed E-state index contributed by atoms with van der Waals surface area (Å²) < 4.78 is 4.83. The smallest absolute Gasteiger partial charge is 0.232 e. The fraction of sp³-hybridized carbons (Fsp3) is 0.333. The van der Waals surface area contributed by atoms with Crippen molar-refractivity contribution in [3.63, 3.8) is 0 Å². The maximum atomic E-state index is 12.2. The molecule has 0 saturated heterocycles. The van der Waals surface area contributed by atoms with Gasteiger partial charge in [-0.1, -0.05) is 0 Å². The first-order chi connectivity index (χ1) is 9.79. The summed E-state index contributed by atoms with van der Waals surface area (Å²) in [7, 11) is 1.24. The summed E-state index contributed by atoms with van der Waals surface area (Å²) >= 11 is 0. The first-order valence-corrected chi connectivity index (χ1v) is 6.39. The Morgan fingerprint density at radius 2 is 1.81 bits per heavy atom. The zero-order valence-electron chi connectivity index (χ0n) is 11.9. The minimum atomic E-state index is -0.779. The Hall–Kier alpha value is -2.34. The fourth-order valence-electron chi connectivity index (χ4n) is 2.43. The van der Waals surface area contributed by atoms with E-state index in [0.29, 0.717) is 0 Å². The number of carbonyl (C=O) groups is 2. The summed E-state index contributed by atoms with van der Waals surface area (Å²) in [6.07, 6.45) is 0.253. The molecule has 0 amide bonds. The number of phenolic OH excluding ortho intramolecular Hbond substituents is 2. The van der Waals surface area contributed by atoms with E-state index in [9.17, 15) is 24.9 Å². The van der Waals surface area contributed by atoms with Gasteiger partial charge < -0.3 is 20.1 Å². The molecule has 0 aromatic heterocycles. The van der Waals surface area contributed by atoms with Gasteiger partial charge in [0.2, 0.25) is 5.78 Å². The molecule has 0 aliphatic heterocycles. The van der Waals surface area contributed by atoms with Crippen molar-refractivity contribution in [1.29, 1.82) is 0 Å². The van der Waals surface area contributed by atoms with Crippen molar-refractivity contribution in [2.24, 2.45) is 0 Å². The monoisotopic (exact) mass is 292 g/mol. The number of carbonyl (C=O) groups excluding carboxylic acids is 2. The van der Waals surface area contributed by atoms with Crippen molar-refractivity contribution < 1.29 is 29.6 Å². The van der Waals surface area contributed by atoms with Gasteiger partial charge in [0.15, 0.2) is 11.5 Å². The highest BCUT2D eigenvalue weighted by Gasteiger charge is 2.35. The second-order valence-corrected chi connectivity index (χ2v) is 5.01. The molecule has 1 atom stereocenters. The van der Waals surface area contributed by atoms with E-state index in [1.54, 1.807) is 0 Å². The number of Topliss-reactive ketones (excluding diaryl/α,β-unsaturated/α-hetero) is 1. The van der Waals surface area contributed by atoms with Crippen LogP contribution >= 0.6 is 0 Å². The van der Waals surface area contributed by atoms with Gasteiger partial charge in [0.1, 0.15) is 11.5 Å². The van der Waals surface area contributed by atoms with E-state index in [-0.39, 0.29) is 40.2 Å². The number of hydrogen-bond donors (Lipinski definition) is 3. The number of ketones is 2. The Morgan fingerprint density at radius 3 is 2.33 bits per heavy atom. The number of rotatable bonds is 3. The van der Waals surface area contributed by atoms with E-state index in [1.165, 1.54) is 21.0 Å². The Morgan fingerprint density at radius 1 is 1.19 bits per heavy atom. The number of ether oxygens (including phenoxy) is 1. The average molecular weight is 292 g/mol. The summed E-state index contributed by atoms with van der Waals surface area (Å²) in [5.41, 5.74) is -0.00874. The summed E-state index contributed by atoms with van der Waals surface area (Å²) in [6.45, 7) is 3.03. The lowest BCUT2D eigenvalue weighted by Gasteiger charge is -2.21. The Kier molecular flexibility index (Phi) is 3.74. The van der Waals surface area contributed by atoms with Crippen molar-refractivity contribution in [1.82, 2.24) is 0 Å². The number of allylic oxidation sites excluding steroid dienone is 2. The van der Waals surface area contributed by atoms with Gasteiger partial charge in [0.25, 0.3) is 0 Å². The lowest BCUT2D eigenvalue weighted by molar-refractivity contribution is 0.0911. The molecule has 1 aliphatic carbocycles. The third-order valence-electron chi connectivity index (χ3n) is 3.50. The highest BCUT2D eigenvalue weighted by molar-refractivity contribution is 6.26. The number of phenols is 2. The van der Waals surface area contributed by atoms with E-state index in [0.717, 1.165) is 6.08 Å². The maximum absolute atomic E-state index is 12.2. The molecule has 1 unspecified atom stereocenters. The molecule has 0 fully saturated rings. The lowest BCUT2D eigenvalue weighted by atomic mass is 9.86. The zero-order valence-corrected chi connectivity index (χ0v) is 11.9. The number of hydrogen-bond acceptors (Lipinski definition) is 6. The molecule has 112 valence electrons. The van der Waals surface area contributed by atoms with Crippen molar-refractivity contribution >= 4 is 11.6 Å². The van der Waals surface area contributed by atoms with Crippen molar-refractivity contribution in [2.75, 3.05) is 7.11 Å². The number of benzene rings is 1. The molecule has 0 bridgehead atoms. The van der Waals surface area contributed by atoms with Crippen LogP contribution in [0.15, 0.2) is 11.8 Å². The van der Waals surface area contributed by atoms with Crippen molar-refractivity contribution in [3.8, 4) is 11.5 Å². The topological polar surface area (TPSA) is 104 Å². The van der Waals surface area contributed by atoms with E-state index < -0.39 is 23.4 Å². The molecule has 1 aliphatic rings. The predicted molar refractivity (Wildman–Crippen MR) is 73.6 cm³/mol. The third-order valence-corrected chi connectivity index (χ3v) is 3.50. The van der Waals surface area contributed by atoms with Gasteiger partial charge in [-0.05, 0) is 19.4 Å². The largest absolute Gasteiger partial charge is 0.507 e. The first kappa shape index (κ1) is 15.1. The number of fused-ring (bicyclic) bond motifs is 1. The minimum Gasteiger partial charge on any atom is -0.507 e. The Labute approximate surface area is 121 Å². The van der Waals surface area contributed by atoms with Gasteiger partial charge in [0.05, 0.1) is 24.3 Å². The summed E-state index contributed by atoms with van der Waals surface area (Å²) in [5, 5.41) is 30.0. The second-order valence-electron chi connectivity index (χ2n) is 5.01. The molecule has 0 heterocycles. The van der Waals surface area contributed by atoms with Crippen LogP contribution in [0.25, 0.3) is 0 Å². The summed E-state index contributed by atoms with van der Waals surface area (Å²) in [4.78, 5) is 24.3. The van der Waals surface area contributed by atoms with E-state index >= 15 is 0 Å². The molecule has 0 saturated carbocycles. The molecule has 0 spiro atoms. The molecule has 0 radical (unpaired) electrons. The summed E-state index contributed by atoms with van der Waals surface area (Å²) in [5.74, 6) is -2.24. The van der Waals surface area contributed by atoms with Crippen LogP contribution < -0.4 is 0 Å². The molecule has 6 heteroatoms. The van der Waals surface area contributed by atoms with Crippen LogP contribution in [-0.4, -0.2) is 40.1 Å². The number of aromatic hydroxyl groups is 2. The molecule has 6 nitrogen and oxygen atoms in total. The SMILES string of the molecule is COC1=CC(=O)c2c(O)c(C)c(CC(C)O)c(O)c2C1=O. The van der Waals surface area contributed by atoms with Crippen LogP contribution in [0.5, 0.6) is 11.5 Å². The lowest BCUT2D eigenvalue weighted by Crippen LogP contribution is -2.20. The maximum Gasteiger partial charge on any atom is 0.232 e. The third kappa shape index (κ3) is 2.27. The van der Waals surface area contributed by atoms with Crippen LogP contribution in [0.4, 0.5) is 0 Å². The van der Waals surface area contributed by atoms with E-state index in [4.69, 9.17) is 4.74 Å². The number of aliphatic hydroxyl groups is 1. The molecule has 21 heavy (non-hydrogen) atoms. The van der Waals surface area contributed by atoms with Crippen LogP contribution in [0.1, 0.15) is 38.8 Å². The molecule has 2 rings (SSSR count). The van der Waals surface area contributed by atoms with Gasteiger partial charge >= 0.3 is 0 Å². The van der Waals surface area contributed by atoms with Gasteiger partial charge in [-0.15, -0.1) is 0 Å². The highest BCUT2D eigenvalue weighted by atomic mass is 16.5. The van der Waals surface area contributed by atoms with Gasteiger partial charge in [-0.3, -0.25) is 9.59 Å². The zero-order chi connectivity index (χ0) is 15.9. The molecular formula is C15H16O6. The van der Waals surface area contributed by atoms with Crippen LogP contribution in [0.2, 0.25) is 0 Å². The van der Waals surface area contributed by atoms with E-state index in [2.05, 4.69) is 0 Å². The van der Waals surface area contributed by atoms with Crippen LogP contribution in [0, 0.1) is 6.92 Å². The highest BCUT2D eigenvalue weighted by Crippen LogP contribution is 2.41. The van der Waals surface area contributed by atoms with Gasteiger partial charge in [0, 0.05) is 18.1 Å². The predicted octanol–water partition coefficient (Wildman–Crippen LogP) is 1.24. The van der Waals surface area contributed by atoms with Gasteiger partial charge in [-0.25, -0.2) is 0 Å². The van der Waals surface area contributed by atoms with Crippen LogP contribution in [0.3, 0.4) is 0 Å². The number of aliphatic hydroxyl groups excluding tert-OH is 1. The quantitative estimate of drug-likeness (QED) is 0.724. The molecule has 3 N–H and O–H groups in total. The standard InChI is InChI=1S/C15H16O6/c1-6(16)4-8-7(2)13(18)11-9(17)5-10(21-3)15(20)12(11)14(8)19/h5-6,16,18-19H,4H2,1-3H3. The Bertz CT molecular complexity index is 669. The fourth-order valence-corrected chi connectivity index (χ4v) is 2.43. The number of methoxy groups -OCH3 is 1. The van der Waals surface area contributed by atoms with E-state index in [1.807, 2.05) is 0 Å². The first-order valence-electron chi connectivity index (χ1n) is 6.39. The molecule has 1 aromatic rings. The normalized spacial score (nSPS) is 15.5. The van der Waals surface area contributed by atoms with Crippen LogP contribution in [-0.2, 0) is 11.2 Å². The minimum absolute atomic E-state index is 0.0476. The average Bonchev–Trinajstić information content (AvgIpc) is 2.42. The second kappa shape index (κ2) is 5.21. The molecular weight excluding hydrogens is 276 g/mol.